The van der Waals surface area contributed by atoms with Crippen LogP contribution in [0.2, 0.25) is 5.02 Å². The van der Waals surface area contributed by atoms with E-state index in [0.717, 1.165) is 30.4 Å². The molecule has 0 atom stereocenters. The zero-order valence-electron chi connectivity index (χ0n) is 9.72. The van der Waals surface area contributed by atoms with Gasteiger partial charge in [-0.1, -0.05) is 11.6 Å². The number of unbranched alkanes of at least 4 members (excludes halogenated alkanes) is 1. The summed E-state index contributed by atoms with van der Waals surface area (Å²) in [5.41, 5.74) is 7.11. The van der Waals surface area contributed by atoms with E-state index < -0.39 is 0 Å². The fourth-order valence-electron chi connectivity index (χ4n) is 1.65. The number of hydrogen-bond acceptors (Lipinski definition) is 3. The maximum atomic E-state index is 9.95. The first-order valence-corrected chi connectivity index (χ1v) is 5.74. The van der Waals surface area contributed by atoms with Crippen molar-refractivity contribution in [2.45, 2.75) is 26.2 Å². The molecule has 16 heavy (non-hydrogen) atoms. The molecule has 0 spiro atoms. The predicted molar refractivity (Wildman–Crippen MR) is 66.4 cm³/mol. The van der Waals surface area contributed by atoms with Gasteiger partial charge in [0.2, 0.25) is 0 Å². The van der Waals surface area contributed by atoms with Crippen molar-refractivity contribution in [3.63, 3.8) is 0 Å². The quantitative estimate of drug-likeness (QED) is 0.782. The summed E-state index contributed by atoms with van der Waals surface area (Å²) < 4.78 is 5.09. The normalized spacial score (nSPS) is 10.5. The van der Waals surface area contributed by atoms with Crippen molar-refractivity contribution in [3.8, 4) is 11.5 Å². The van der Waals surface area contributed by atoms with E-state index in [1.165, 1.54) is 7.11 Å². The summed E-state index contributed by atoms with van der Waals surface area (Å²) in [7, 11) is 1.53. The number of halogens is 1. The third kappa shape index (κ3) is 2.80. The Labute approximate surface area is 101 Å². The van der Waals surface area contributed by atoms with E-state index in [9.17, 15) is 5.11 Å². The van der Waals surface area contributed by atoms with Gasteiger partial charge >= 0.3 is 0 Å². The van der Waals surface area contributed by atoms with Crippen molar-refractivity contribution in [1.29, 1.82) is 0 Å². The first-order chi connectivity index (χ1) is 7.61. The molecule has 0 amide bonds. The van der Waals surface area contributed by atoms with Crippen LogP contribution >= 0.6 is 11.6 Å². The first kappa shape index (κ1) is 13.1. The van der Waals surface area contributed by atoms with Crippen molar-refractivity contribution >= 4 is 11.6 Å². The molecule has 1 rings (SSSR count). The van der Waals surface area contributed by atoms with Crippen LogP contribution in [0, 0.1) is 6.92 Å². The number of rotatable bonds is 5. The fraction of sp³-hybridized carbons (Fsp3) is 0.500. The number of ether oxygens (including phenoxy) is 1. The third-order valence-electron chi connectivity index (χ3n) is 2.58. The van der Waals surface area contributed by atoms with Gasteiger partial charge in [0.05, 0.1) is 12.1 Å². The Hall–Kier alpha value is -0.930. The average molecular weight is 244 g/mol. The Morgan fingerprint density at radius 2 is 2.12 bits per heavy atom. The Bertz CT molecular complexity index is 367. The lowest BCUT2D eigenvalue weighted by Crippen LogP contribution is -2.00. The van der Waals surface area contributed by atoms with Gasteiger partial charge in [-0.15, -0.1) is 0 Å². The molecule has 4 heteroatoms. The number of nitrogens with two attached hydrogens (primary N) is 1. The maximum absolute atomic E-state index is 9.95. The summed E-state index contributed by atoms with van der Waals surface area (Å²) in [5, 5.41) is 10.6. The number of aryl methyl sites for hydroxylation is 1. The summed E-state index contributed by atoms with van der Waals surface area (Å²) in [5.74, 6) is 0.625. The van der Waals surface area contributed by atoms with Gasteiger partial charge < -0.3 is 15.6 Å². The molecule has 0 aromatic heterocycles. The summed E-state index contributed by atoms with van der Waals surface area (Å²) in [4.78, 5) is 0. The molecule has 1 aromatic carbocycles. The van der Waals surface area contributed by atoms with Crippen LogP contribution in [-0.2, 0) is 6.42 Å². The largest absolute Gasteiger partial charge is 0.504 e. The highest BCUT2D eigenvalue weighted by atomic mass is 35.5. The van der Waals surface area contributed by atoms with E-state index in [4.69, 9.17) is 22.1 Å². The molecule has 3 nitrogen and oxygen atoms in total. The highest BCUT2D eigenvalue weighted by molar-refractivity contribution is 6.32. The van der Waals surface area contributed by atoms with E-state index >= 15 is 0 Å². The van der Waals surface area contributed by atoms with E-state index in [1.54, 1.807) is 6.07 Å². The summed E-state index contributed by atoms with van der Waals surface area (Å²) in [6.45, 7) is 2.55. The second-order valence-corrected chi connectivity index (χ2v) is 4.16. The highest BCUT2D eigenvalue weighted by Crippen LogP contribution is 2.38. The lowest BCUT2D eigenvalue weighted by Gasteiger charge is -2.13. The van der Waals surface area contributed by atoms with Crippen LogP contribution in [0.3, 0.4) is 0 Å². The standard InChI is InChI=1S/C12H18ClNO2/c1-8-7-10(16-2)12(15)9(11(8)13)5-3-4-6-14/h7,15H,3-6,14H2,1-2H3. The Morgan fingerprint density at radius 1 is 1.44 bits per heavy atom. The van der Waals surface area contributed by atoms with Gasteiger partial charge in [-0.3, -0.25) is 0 Å². The van der Waals surface area contributed by atoms with Crippen LogP contribution in [-0.4, -0.2) is 18.8 Å². The first-order valence-electron chi connectivity index (χ1n) is 5.36. The van der Waals surface area contributed by atoms with Crippen LogP contribution in [0.1, 0.15) is 24.0 Å². The minimum absolute atomic E-state index is 0.148. The summed E-state index contributed by atoms with van der Waals surface area (Å²) in [6.07, 6.45) is 2.56. The molecule has 0 unspecified atom stereocenters. The van der Waals surface area contributed by atoms with E-state index in [-0.39, 0.29) is 5.75 Å². The molecule has 90 valence electrons. The van der Waals surface area contributed by atoms with Crippen LogP contribution < -0.4 is 10.5 Å². The Balaban J connectivity index is 3.00. The molecule has 0 aliphatic carbocycles. The third-order valence-corrected chi connectivity index (χ3v) is 3.11. The summed E-state index contributed by atoms with van der Waals surface area (Å²) in [6, 6.07) is 1.74. The molecule has 0 aliphatic rings. The molecular weight excluding hydrogens is 226 g/mol. The zero-order chi connectivity index (χ0) is 12.1. The van der Waals surface area contributed by atoms with Crippen molar-refractivity contribution in [2.24, 2.45) is 5.73 Å². The molecule has 0 saturated heterocycles. The van der Waals surface area contributed by atoms with Gasteiger partial charge in [0, 0.05) is 5.56 Å². The molecular formula is C12H18ClNO2. The molecule has 0 heterocycles. The van der Waals surface area contributed by atoms with Crippen LogP contribution in [0.25, 0.3) is 0 Å². The number of phenols is 1. The van der Waals surface area contributed by atoms with E-state index in [2.05, 4.69) is 0 Å². The second-order valence-electron chi connectivity index (χ2n) is 3.78. The van der Waals surface area contributed by atoms with Crippen LogP contribution in [0.4, 0.5) is 0 Å². The Morgan fingerprint density at radius 3 is 2.69 bits per heavy atom. The van der Waals surface area contributed by atoms with E-state index in [0.29, 0.717) is 17.3 Å². The fourth-order valence-corrected chi connectivity index (χ4v) is 1.89. The minimum Gasteiger partial charge on any atom is -0.504 e. The topological polar surface area (TPSA) is 55.5 Å². The molecule has 0 radical (unpaired) electrons. The summed E-state index contributed by atoms with van der Waals surface area (Å²) >= 11 is 6.16. The molecule has 1 aromatic rings. The van der Waals surface area contributed by atoms with Gasteiger partial charge in [0.15, 0.2) is 11.5 Å². The smallest absolute Gasteiger partial charge is 0.162 e. The monoisotopic (exact) mass is 243 g/mol. The van der Waals surface area contributed by atoms with Gasteiger partial charge in [-0.2, -0.15) is 0 Å². The number of phenolic OH excluding ortho intramolecular Hbond substituents is 1. The van der Waals surface area contributed by atoms with Crippen LogP contribution in [0.15, 0.2) is 6.07 Å². The van der Waals surface area contributed by atoms with Crippen molar-refractivity contribution in [2.75, 3.05) is 13.7 Å². The number of benzene rings is 1. The minimum atomic E-state index is 0.148. The van der Waals surface area contributed by atoms with Crippen LogP contribution in [0.5, 0.6) is 11.5 Å². The number of aromatic hydroxyl groups is 1. The lowest BCUT2D eigenvalue weighted by atomic mass is 10.0. The van der Waals surface area contributed by atoms with E-state index in [1.807, 2.05) is 6.92 Å². The SMILES string of the molecule is COc1cc(C)c(Cl)c(CCCCN)c1O. The molecule has 0 aliphatic heterocycles. The van der Waals surface area contributed by atoms with Crippen molar-refractivity contribution in [3.05, 3.63) is 22.2 Å². The molecule has 3 N–H and O–H groups in total. The van der Waals surface area contributed by atoms with Gasteiger partial charge in [-0.25, -0.2) is 0 Å². The highest BCUT2D eigenvalue weighted by Gasteiger charge is 2.14. The average Bonchev–Trinajstić information content (AvgIpc) is 2.28. The predicted octanol–water partition coefficient (Wildman–Crippen LogP) is 2.64. The van der Waals surface area contributed by atoms with Gasteiger partial charge in [0.1, 0.15) is 0 Å². The van der Waals surface area contributed by atoms with Crippen molar-refractivity contribution < 1.29 is 9.84 Å². The number of methoxy groups -OCH3 is 1. The molecule has 0 saturated carbocycles. The zero-order valence-corrected chi connectivity index (χ0v) is 10.5. The molecule has 0 bridgehead atoms. The van der Waals surface area contributed by atoms with Gasteiger partial charge in [-0.05, 0) is 44.4 Å². The second kappa shape index (κ2) is 5.97. The maximum Gasteiger partial charge on any atom is 0.162 e. The Kier molecular flexibility index (Phi) is 4.90. The van der Waals surface area contributed by atoms with Gasteiger partial charge in [0.25, 0.3) is 0 Å². The molecule has 0 fully saturated rings. The number of hydrogen-bond donors (Lipinski definition) is 2. The van der Waals surface area contributed by atoms with Crippen molar-refractivity contribution in [1.82, 2.24) is 0 Å². The lowest BCUT2D eigenvalue weighted by molar-refractivity contribution is 0.370.